The van der Waals surface area contributed by atoms with Gasteiger partial charge in [0.1, 0.15) is 11.5 Å². The molecule has 2 aromatic carbocycles. The molecule has 0 saturated carbocycles. The number of unbranched alkanes of at least 4 members (excludes halogenated alkanes) is 6. The Hall–Kier alpha value is -0.683. The minimum Gasteiger partial charge on any atom is -0.493 e. The molecule has 3 nitrogen and oxygen atoms in total. The summed E-state index contributed by atoms with van der Waals surface area (Å²) in [6, 6.07) is 10.8. The predicted octanol–water partition coefficient (Wildman–Crippen LogP) is 5.06. The van der Waals surface area contributed by atoms with E-state index in [0.29, 0.717) is 34.6 Å². The van der Waals surface area contributed by atoms with Gasteiger partial charge in [0.2, 0.25) is 0 Å². The van der Waals surface area contributed by atoms with Crippen molar-refractivity contribution in [3.8, 4) is 11.5 Å². The summed E-state index contributed by atoms with van der Waals surface area (Å²) < 4.78 is 12.0. The second kappa shape index (κ2) is 16.9. The predicted molar refractivity (Wildman–Crippen MR) is 134 cm³/mol. The van der Waals surface area contributed by atoms with E-state index in [4.69, 9.17) is 32.7 Å². The van der Waals surface area contributed by atoms with Crippen LogP contribution in [0.2, 0.25) is 10.0 Å². The third-order valence-corrected chi connectivity index (χ3v) is 6.70. The first kappa shape index (κ1) is 29.3. The van der Waals surface area contributed by atoms with Crippen LogP contribution in [0, 0.1) is 0 Å². The van der Waals surface area contributed by atoms with Crippen molar-refractivity contribution in [2.24, 2.45) is 0 Å². The topological polar surface area (TPSA) is 35.5 Å². The Balaban J connectivity index is 0.00000512. The van der Waals surface area contributed by atoms with Crippen LogP contribution in [0.4, 0.5) is 0 Å². The van der Waals surface area contributed by atoms with E-state index in [-0.39, 0.29) is 33.0 Å². The van der Waals surface area contributed by atoms with Gasteiger partial charge in [-0.2, -0.15) is 0 Å². The minimum atomic E-state index is -0.130. The summed E-state index contributed by atoms with van der Waals surface area (Å²) in [5.41, 5.74) is 0.272. The fourth-order valence-electron chi connectivity index (χ4n) is 3.14. The largest absolute Gasteiger partial charge is 1.00 e. The Kier molecular flexibility index (Phi) is 15.5. The van der Waals surface area contributed by atoms with Crippen LogP contribution >= 0.6 is 31.8 Å². The van der Waals surface area contributed by atoms with E-state index in [0.717, 1.165) is 30.3 Å². The number of halogens is 2. The maximum absolute atomic E-state index is 12.9. The quantitative estimate of drug-likeness (QED) is 0.199. The molecule has 0 aromatic heterocycles. The molecule has 0 heterocycles. The summed E-state index contributed by atoms with van der Waals surface area (Å²) in [6.45, 7) is 5.69. The maximum Gasteiger partial charge on any atom is 1.00 e. The second-order valence-corrected chi connectivity index (χ2v) is 9.58. The SMILES string of the molecule is CCCCCCOc1ccc(PC(=O)c2c(Cl)cccc2Cl)c(OCCCCCC)c1.[Li+]. The van der Waals surface area contributed by atoms with Crippen molar-refractivity contribution in [3.63, 3.8) is 0 Å². The standard InChI is InChI=1S/C25H33Cl2O3P.Li/c1-3-5-7-9-16-29-19-14-15-23(22(18-19)30-17-10-8-6-4-2)31-25(28)24-20(26)12-11-13-21(24)27;/h11-15,18,31H,3-10,16-17H2,1-2H3;/q;+1. The van der Waals surface area contributed by atoms with E-state index in [1.165, 1.54) is 32.1 Å². The van der Waals surface area contributed by atoms with Crippen LogP contribution in [-0.4, -0.2) is 18.7 Å². The first-order valence-electron chi connectivity index (χ1n) is 11.2. The summed E-state index contributed by atoms with van der Waals surface area (Å²) in [6.07, 6.45) is 9.14. The molecule has 0 bridgehead atoms. The Bertz CT molecular complexity index is 813. The van der Waals surface area contributed by atoms with Crippen LogP contribution in [0.5, 0.6) is 11.5 Å². The van der Waals surface area contributed by atoms with Gasteiger partial charge in [0.15, 0.2) is 5.52 Å². The van der Waals surface area contributed by atoms with Gasteiger partial charge < -0.3 is 9.47 Å². The Morgan fingerprint density at radius 3 is 2.03 bits per heavy atom. The van der Waals surface area contributed by atoms with Crippen molar-refractivity contribution in [1.29, 1.82) is 0 Å². The zero-order valence-electron chi connectivity index (χ0n) is 19.5. The van der Waals surface area contributed by atoms with E-state index in [1.54, 1.807) is 18.2 Å². The summed E-state index contributed by atoms with van der Waals surface area (Å²) >= 11 is 12.5. The van der Waals surface area contributed by atoms with Crippen LogP contribution in [-0.2, 0) is 0 Å². The van der Waals surface area contributed by atoms with E-state index in [9.17, 15) is 4.79 Å². The van der Waals surface area contributed by atoms with E-state index in [1.807, 2.05) is 18.2 Å². The monoisotopic (exact) mass is 489 g/mol. The number of rotatable bonds is 15. The van der Waals surface area contributed by atoms with E-state index in [2.05, 4.69) is 13.8 Å². The molecule has 0 radical (unpaired) electrons. The van der Waals surface area contributed by atoms with Crippen molar-refractivity contribution in [1.82, 2.24) is 0 Å². The summed E-state index contributed by atoms with van der Waals surface area (Å²) in [5.74, 6) is 1.48. The third-order valence-electron chi connectivity index (χ3n) is 4.91. The van der Waals surface area contributed by atoms with Gasteiger partial charge >= 0.3 is 18.9 Å². The summed E-state index contributed by atoms with van der Waals surface area (Å²) in [5, 5.41) is 1.59. The second-order valence-electron chi connectivity index (χ2n) is 7.53. The molecule has 170 valence electrons. The van der Waals surface area contributed by atoms with Gasteiger partial charge in [0.05, 0.1) is 28.8 Å². The first-order valence-corrected chi connectivity index (χ1v) is 13.0. The van der Waals surface area contributed by atoms with Crippen LogP contribution in [0.1, 0.15) is 75.6 Å². The minimum absolute atomic E-state index is 0. The molecule has 1 unspecified atom stereocenters. The molecule has 7 heteroatoms. The van der Waals surface area contributed by atoms with Crippen molar-refractivity contribution in [2.75, 3.05) is 13.2 Å². The normalized spacial score (nSPS) is 10.9. The molecule has 2 aromatic rings. The van der Waals surface area contributed by atoms with Crippen LogP contribution in [0.25, 0.3) is 0 Å². The van der Waals surface area contributed by atoms with Crippen LogP contribution in [0.3, 0.4) is 0 Å². The number of ether oxygens (including phenoxy) is 2. The zero-order valence-corrected chi connectivity index (χ0v) is 22.0. The Labute approximate surface area is 216 Å². The smallest absolute Gasteiger partial charge is 0.493 e. The van der Waals surface area contributed by atoms with Gasteiger partial charge in [-0.15, -0.1) is 0 Å². The molecular formula is C25H33Cl2LiO3P+. The molecule has 0 fully saturated rings. The molecule has 0 aliphatic rings. The van der Waals surface area contributed by atoms with Gasteiger partial charge in [-0.3, -0.25) is 4.79 Å². The fraction of sp³-hybridized carbons (Fsp3) is 0.480. The van der Waals surface area contributed by atoms with Gasteiger partial charge in [-0.05, 0) is 45.7 Å². The molecule has 0 amide bonds. The molecular weight excluding hydrogens is 457 g/mol. The summed E-state index contributed by atoms with van der Waals surface area (Å²) in [7, 11) is -0.130. The van der Waals surface area contributed by atoms with Crippen molar-refractivity contribution in [3.05, 3.63) is 52.0 Å². The van der Waals surface area contributed by atoms with Gasteiger partial charge in [0, 0.05) is 11.4 Å². The molecule has 0 aliphatic heterocycles. The average molecular weight is 490 g/mol. The molecule has 0 saturated heterocycles. The Morgan fingerprint density at radius 2 is 1.44 bits per heavy atom. The van der Waals surface area contributed by atoms with Crippen LogP contribution in [0.15, 0.2) is 36.4 Å². The van der Waals surface area contributed by atoms with E-state index >= 15 is 0 Å². The molecule has 1 atom stereocenters. The van der Waals surface area contributed by atoms with Gasteiger partial charge in [-0.1, -0.05) is 81.6 Å². The molecule has 0 aliphatic carbocycles. The molecule has 0 spiro atoms. The van der Waals surface area contributed by atoms with Gasteiger partial charge in [-0.25, -0.2) is 0 Å². The van der Waals surface area contributed by atoms with Crippen LogP contribution < -0.4 is 33.6 Å². The first-order chi connectivity index (χ1) is 15.1. The zero-order chi connectivity index (χ0) is 22.5. The van der Waals surface area contributed by atoms with Gasteiger partial charge in [0.25, 0.3) is 0 Å². The number of carbonyl (C=O) groups excluding carboxylic acids is 1. The van der Waals surface area contributed by atoms with E-state index < -0.39 is 0 Å². The van der Waals surface area contributed by atoms with Crippen molar-refractivity contribution in [2.45, 2.75) is 65.2 Å². The molecule has 2 rings (SSSR count). The molecule has 0 N–H and O–H groups in total. The number of hydrogen-bond donors (Lipinski definition) is 0. The fourth-order valence-corrected chi connectivity index (χ4v) is 4.95. The van der Waals surface area contributed by atoms with Crippen molar-refractivity contribution < 1.29 is 33.1 Å². The molecule has 32 heavy (non-hydrogen) atoms. The number of hydrogen-bond acceptors (Lipinski definition) is 3. The third kappa shape index (κ3) is 10.1. The van der Waals surface area contributed by atoms with Crippen molar-refractivity contribution >= 4 is 42.6 Å². The summed E-state index contributed by atoms with van der Waals surface area (Å²) in [4.78, 5) is 12.9. The average Bonchev–Trinajstić information content (AvgIpc) is 2.75. The number of benzene rings is 2. The number of carbonyl (C=O) groups is 1. The Morgan fingerprint density at radius 1 is 0.844 bits per heavy atom. The maximum atomic E-state index is 12.9.